The van der Waals surface area contributed by atoms with Crippen LogP contribution in [0, 0.1) is 0 Å². The fraction of sp³-hybridized carbons (Fsp3) is 1.00. The van der Waals surface area contributed by atoms with Gasteiger partial charge in [-0.1, -0.05) is 13.8 Å². The number of methoxy groups -OCH3 is 1. The zero-order valence-electron chi connectivity index (χ0n) is 11.0. The van der Waals surface area contributed by atoms with Crippen LogP contribution in [0.3, 0.4) is 0 Å². The smallest absolute Gasteiger partial charge is 0.0699 e. The van der Waals surface area contributed by atoms with Crippen LogP contribution in [0.5, 0.6) is 0 Å². The van der Waals surface area contributed by atoms with Crippen LogP contribution >= 0.6 is 0 Å². The summed E-state index contributed by atoms with van der Waals surface area (Å²) in [5.74, 6) is 0. The molecule has 0 saturated heterocycles. The predicted octanol–water partition coefficient (Wildman–Crippen LogP) is 2.16. The van der Waals surface area contributed by atoms with Gasteiger partial charge in [0.2, 0.25) is 0 Å². The summed E-state index contributed by atoms with van der Waals surface area (Å²) in [5, 5.41) is 0. The first kappa shape index (κ1) is 14.9. The maximum absolute atomic E-state index is 6.02. The zero-order valence-corrected chi connectivity index (χ0v) is 11.0. The molecule has 0 aromatic carbocycles. The van der Waals surface area contributed by atoms with Gasteiger partial charge in [-0.3, -0.25) is 0 Å². The second kappa shape index (κ2) is 8.08. The summed E-state index contributed by atoms with van der Waals surface area (Å²) in [6.45, 7) is 6.94. The van der Waals surface area contributed by atoms with E-state index in [1.54, 1.807) is 7.11 Å². The lowest BCUT2D eigenvalue weighted by Gasteiger charge is -2.32. The molecule has 0 N–H and O–H groups in total. The Morgan fingerprint density at radius 3 is 2.07 bits per heavy atom. The van der Waals surface area contributed by atoms with E-state index in [-0.39, 0.29) is 5.60 Å². The van der Waals surface area contributed by atoms with Crippen molar-refractivity contribution in [2.45, 2.75) is 38.7 Å². The van der Waals surface area contributed by atoms with Gasteiger partial charge in [0.15, 0.2) is 0 Å². The minimum atomic E-state index is 0.0199. The Kier molecular flexibility index (Phi) is 8.02. The Morgan fingerprint density at radius 1 is 1.07 bits per heavy atom. The summed E-state index contributed by atoms with van der Waals surface area (Å²) >= 11 is 0. The highest BCUT2D eigenvalue weighted by atomic mass is 16.5. The second-order valence-corrected chi connectivity index (χ2v) is 4.28. The van der Waals surface area contributed by atoms with Gasteiger partial charge in [-0.05, 0) is 33.4 Å². The molecule has 0 aliphatic carbocycles. The van der Waals surface area contributed by atoms with Crippen LogP contribution in [-0.4, -0.2) is 51.5 Å². The summed E-state index contributed by atoms with van der Waals surface area (Å²) in [5.41, 5.74) is 0.0199. The molecule has 0 fully saturated rings. The normalized spacial score (nSPS) is 12.4. The van der Waals surface area contributed by atoms with Crippen molar-refractivity contribution >= 4 is 0 Å². The molecule has 0 radical (unpaired) electrons. The first-order valence-electron chi connectivity index (χ1n) is 5.88. The number of rotatable bonds is 9. The fourth-order valence-corrected chi connectivity index (χ4v) is 1.61. The fourth-order valence-electron chi connectivity index (χ4n) is 1.61. The minimum absolute atomic E-state index is 0.0199. The van der Waals surface area contributed by atoms with E-state index in [9.17, 15) is 0 Å². The quantitative estimate of drug-likeness (QED) is 0.591. The maximum Gasteiger partial charge on any atom is 0.0699 e. The third kappa shape index (κ3) is 6.13. The first-order chi connectivity index (χ1) is 7.10. The monoisotopic (exact) mass is 217 g/mol. The lowest BCUT2D eigenvalue weighted by Crippen LogP contribution is -2.35. The van der Waals surface area contributed by atoms with E-state index in [1.807, 2.05) is 0 Å². The molecular formula is C12H27NO2. The summed E-state index contributed by atoms with van der Waals surface area (Å²) in [4.78, 5) is 2.15. The number of ether oxygens (including phenoxy) is 2. The third-order valence-electron chi connectivity index (χ3n) is 3.00. The van der Waals surface area contributed by atoms with Crippen molar-refractivity contribution < 1.29 is 9.47 Å². The van der Waals surface area contributed by atoms with Crippen molar-refractivity contribution in [1.82, 2.24) is 4.90 Å². The van der Waals surface area contributed by atoms with Gasteiger partial charge in [-0.25, -0.2) is 0 Å². The Hall–Kier alpha value is -0.120. The topological polar surface area (TPSA) is 21.7 Å². The van der Waals surface area contributed by atoms with Crippen LogP contribution in [0.4, 0.5) is 0 Å². The van der Waals surface area contributed by atoms with Gasteiger partial charge in [-0.15, -0.1) is 0 Å². The van der Waals surface area contributed by atoms with Crippen LogP contribution in [0.2, 0.25) is 0 Å². The summed E-state index contributed by atoms with van der Waals surface area (Å²) in [6, 6.07) is 0. The summed E-state index contributed by atoms with van der Waals surface area (Å²) in [7, 11) is 5.88. The van der Waals surface area contributed by atoms with Crippen molar-refractivity contribution in [2.24, 2.45) is 0 Å². The molecular weight excluding hydrogens is 190 g/mol. The molecule has 92 valence electrons. The lowest BCUT2D eigenvalue weighted by atomic mass is 9.93. The van der Waals surface area contributed by atoms with Crippen molar-refractivity contribution in [2.75, 3.05) is 41.0 Å². The number of likely N-dealkylation sites (N-methyl/N-ethyl adjacent to an activating group) is 1. The third-order valence-corrected chi connectivity index (χ3v) is 3.00. The maximum atomic E-state index is 6.02. The van der Waals surface area contributed by atoms with E-state index in [2.05, 4.69) is 32.8 Å². The second-order valence-electron chi connectivity index (χ2n) is 4.28. The molecule has 0 rings (SSSR count). The van der Waals surface area contributed by atoms with Gasteiger partial charge in [-0.2, -0.15) is 0 Å². The number of hydrogen-bond acceptors (Lipinski definition) is 3. The van der Waals surface area contributed by atoms with E-state index in [0.717, 1.165) is 39.0 Å². The standard InChI is InChI=1S/C12H27NO2/c1-6-12(7-2,8-10-14-5)15-11-9-13(3)4/h6-11H2,1-5H3. The van der Waals surface area contributed by atoms with Gasteiger partial charge in [0.25, 0.3) is 0 Å². The Labute approximate surface area is 94.7 Å². The number of nitrogens with zero attached hydrogens (tertiary/aromatic N) is 1. The van der Waals surface area contributed by atoms with Gasteiger partial charge in [0, 0.05) is 20.3 Å². The minimum Gasteiger partial charge on any atom is -0.385 e. The molecule has 0 atom stereocenters. The average Bonchev–Trinajstić information content (AvgIpc) is 2.23. The van der Waals surface area contributed by atoms with E-state index in [4.69, 9.17) is 9.47 Å². The Morgan fingerprint density at radius 2 is 1.67 bits per heavy atom. The molecule has 0 aromatic rings. The van der Waals surface area contributed by atoms with Crippen LogP contribution in [0.25, 0.3) is 0 Å². The van der Waals surface area contributed by atoms with Crippen LogP contribution in [0.15, 0.2) is 0 Å². The highest BCUT2D eigenvalue weighted by Gasteiger charge is 2.26. The summed E-state index contributed by atoms with van der Waals surface area (Å²) < 4.78 is 11.2. The van der Waals surface area contributed by atoms with Crippen molar-refractivity contribution in [1.29, 1.82) is 0 Å². The summed E-state index contributed by atoms with van der Waals surface area (Å²) in [6.07, 6.45) is 3.10. The van der Waals surface area contributed by atoms with Crippen molar-refractivity contribution in [3.8, 4) is 0 Å². The van der Waals surface area contributed by atoms with Crippen molar-refractivity contribution in [3.05, 3.63) is 0 Å². The first-order valence-corrected chi connectivity index (χ1v) is 5.88. The molecule has 0 aromatic heterocycles. The van der Waals surface area contributed by atoms with E-state index in [1.165, 1.54) is 0 Å². The molecule has 0 heterocycles. The molecule has 0 aliphatic rings. The number of hydrogen-bond donors (Lipinski definition) is 0. The van der Waals surface area contributed by atoms with E-state index in [0.29, 0.717) is 0 Å². The molecule has 0 spiro atoms. The molecule has 15 heavy (non-hydrogen) atoms. The van der Waals surface area contributed by atoms with Crippen LogP contribution in [-0.2, 0) is 9.47 Å². The molecule has 0 aliphatic heterocycles. The SMILES string of the molecule is CCC(CC)(CCOC)OCCN(C)C. The molecule has 0 bridgehead atoms. The van der Waals surface area contributed by atoms with E-state index >= 15 is 0 Å². The predicted molar refractivity (Wildman–Crippen MR) is 64.3 cm³/mol. The van der Waals surface area contributed by atoms with Gasteiger partial charge in [0.1, 0.15) is 0 Å². The molecule has 3 nitrogen and oxygen atoms in total. The van der Waals surface area contributed by atoms with Gasteiger partial charge < -0.3 is 14.4 Å². The Balaban J connectivity index is 3.99. The zero-order chi connectivity index (χ0) is 11.7. The molecule has 0 amide bonds. The van der Waals surface area contributed by atoms with Crippen LogP contribution in [0.1, 0.15) is 33.1 Å². The van der Waals surface area contributed by atoms with Crippen LogP contribution < -0.4 is 0 Å². The average molecular weight is 217 g/mol. The highest BCUT2D eigenvalue weighted by Crippen LogP contribution is 2.24. The molecule has 0 unspecified atom stereocenters. The van der Waals surface area contributed by atoms with E-state index < -0.39 is 0 Å². The Bertz CT molecular complexity index is 145. The molecule has 3 heteroatoms. The molecule has 0 saturated carbocycles. The largest absolute Gasteiger partial charge is 0.385 e. The van der Waals surface area contributed by atoms with Crippen molar-refractivity contribution in [3.63, 3.8) is 0 Å². The van der Waals surface area contributed by atoms with Gasteiger partial charge in [0.05, 0.1) is 12.2 Å². The highest BCUT2D eigenvalue weighted by molar-refractivity contribution is 4.77. The van der Waals surface area contributed by atoms with Gasteiger partial charge >= 0.3 is 0 Å². The lowest BCUT2D eigenvalue weighted by molar-refractivity contribution is -0.0714.